The van der Waals surface area contributed by atoms with Crippen molar-refractivity contribution in [1.29, 1.82) is 0 Å². The van der Waals surface area contributed by atoms with Crippen molar-refractivity contribution in [2.45, 2.75) is 57.6 Å². The molecule has 0 atom stereocenters. The Morgan fingerprint density at radius 1 is 1.33 bits per heavy atom. The van der Waals surface area contributed by atoms with Crippen LogP contribution in [0.25, 0.3) is 11.0 Å². The minimum absolute atomic E-state index is 0.0496. The number of halogens is 3. The molecule has 3 heterocycles. The van der Waals surface area contributed by atoms with Crippen LogP contribution >= 0.6 is 11.6 Å². The van der Waals surface area contributed by atoms with E-state index in [4.69, 9.17) is 16.3 Å². The Bertz CT molecular complexity index is 889. The molecule has 2 aromatic rings. The first-order chi connectivity index (χ1) is 14.3. The Morgan fingerprint density at radius 3 is 2.60 bits per heavy atom. The third-order valence-electron chi connectivity index (χ3n) is 5.60. The predicted molar refractivity (Wildman–Crippen MR) is 111 cm³/mol. The molecule has 0 bridgehead atoms. The summed E-state index contributed by atoms with van der Waals surface area (Å²) in [6.45, 7) is 5.91. The molecule has 1 aliphatic heterocycles. The molecule has 30 heavy (non-hydrogen) atoms. The van der Waals surface area contributed by atoms with Gasteiger partial charge in [-0.3, -0.25) is 4.79 Å². The maximum absolute atomic E-state index is 13.3. The number of nitrogens with zero attached hydrogens (tertiary/aromatic N) is 2. The number of ether oxygens (including phenoxy) is 1. The van der Waals surface area contributed by atoms with Crippen LogP contribution in [0.3, 0.4) is 0 Å². The number of aromatic nitrogens is 2. The van der Waals surface area contributed by atoms with Crippen LogP contribution in [0.4, 0.5) is 8.78 Å². The fraction of sp³-hybridized carbons (Fsp3) is 0.619. The smallest absolute Gasteiger partial charge is 0.253 e. The quantitative estimate of drug-likeness (QED) is 0.731. The van der Waals surface area contributed by atoms with Crippen molar-refractivity contribution in [3.63, 3.8) is 0 Å². The molecule has 1 amide bonds. The molecule has 1 saturated carbocycles. The van der Waals surface area contributed by atoms with Crippen LogP contribution in [-0.4, -0.2) is 51.8 Å². The van der Waals surface area contributed by atoms with Crippen LogP contribution in [-0.2, 0) is 11.3 Å². The fourth-order valence-corrected chi connectivity index (χ4v) is 4.00. The molecule has 0 unspecified atom stereocenters. The second kappa shape index (κ2) is 9.16. The maximum atomic E-state index is 13.3. The number of amides is 1. The largest absolute Gasteiger partial charge is 0.388 e. The van der Waals surface area contributed by atoms with Crippen molar-refractivity contribution < 1.29 is 23.4 Å². The summed E-state index contributed by atoms with van der Waals surface area (Å²) in [5, 5.41) is 14.2. The standard InChI is InChI=1S/C19H22ClF2N3O3.C2H6/c20-14-1-6-23-16-15(14)13(8-25(16)7-12-9-28-10-12)17(26)24-11-18(27)2-4-19(21,22)5-3-18;1-2/h1,6,8,12,27H,2-5,7,9-11H2,(H,24,26);1-2H3. The van der Waals surface area contributed by atoms with Crippen LogP contribution in [0, 0.1) is 5.92 Å². The number of nitrogens with one attached hydrogen (secondary N) is 1. The molecule has 2 fully saturated rings. The second-order valence-electron chi connectivity index (χ2n) is 7.85. The molecule has 6 nitrogen and oxygen atoms in total. The van der Waals surface area contributed by atoms with Crippen molar-refractivity contribution in [2.75, 3.05) is 19.8 Å². The van der Waals surface area contributed by atoms with E-state index in [0.717, 1.165) is 0 Å². The highest BCUT2D eigenvalue weighted by Gasteiger charge is 2.42. The van der Waals surface area contributed by atoms with Gasteiger partial charge in [0.05, 0.1) is 34.8 Å². The van der Waals surface area contributed by atoms with Crippen molar-refractivity contribution >= 4 is 28.5 Å². The van der Waals surface area contributed by atoms with Crippen LogP contribution in [0.1, 0.15) is 49.9 Å². The molecular weight excluding hydrogens is 416 g/mol. The number of hydrogen-bond acceptors (Lipinski definition) is 4. The van der Waals surface area contributed by atoms with E-state index in [1.54, 1.807) is 18.5 Å². The first-order valence-electron chi connectivity index (χ1n) is 10.4. The number of carbonyl (C=O) groups is 1. The zero-order chi connectivity index (χ0) is 21.9. The van der Waals surface area contributed by atoms with Crippen LogP contribution < -0.4 is 5.32 Å². The fourth-order valence-electron chi connectivity index (χ4n) is 3.75. The normalized spacial score (nSPS) is 20.2. The molecule has 2 N–H and O–H groups in total. The van der Waals surface area contributed by atoms with Gasteiger partial charge in [0.1, 0.15) is 5.65 Å². The number of fused-ring (bicyclic) bond motifs is 1. The van der Waals surface area contributed by atoms with Gasteiger partial charge in [-0.15, -0.1) is 0 Å². The van der Waals surface area contributed by atoms with Gasteiger partial charge in [-0.25, -0.2) is 13.8 Å². The van der Waals surface area contributed by atoms with Gasteiger partial charge in [-0.2, -0.15) is 0 Å². The summed E-state index contributed by atoms with van der Waals surface area (Å²) in [5.41, 5.74) is -0.347. The van der Waals surface area contributed by atoms with Crippen LogP contribution in [0.2, 0.25) is 5.02 Å². The molecule has 0 radical (unpaired) electrons. The Hall–Kier alpha value is -1.77. The molecule has 0 spiro atoms. The van der Waals surface area contributed by atoms with Crippen molar-refractivity contribution in [3.8, 4) is 0 Å². The van der Waals surface area contributed by atoms with Gasteiger partial charge in [-0.1, -0.05) is 25.4 Å². The summed E-state index contributed by atoms with van der Waals surface area (Å²) in [7, 11) is 0. The minimum Gasteiger partial charge on any atom is -0.388 e. The molecule has 9 heteroatoms. The third-order valence-corrected chi connectivity index (χ3v) is 5.92. The van der Waals surface area contributed by atoms with Gasteiger partial charge in [0.25, 0.3) is 5.91 Å². The first-order valence-corrected chi connectivity index (χ1v) is 10.7. The molecule has 2 aliphatic rings. The van der Waals surface area contributed by atoms with E-state index in [0.29, 0.717) is 47.3 Å². The van der Waals surface area contributed by atoms with E-state index < -0.39 is 17.4 Å². The van der Waals surface area contributed by atoms with E-state index >= 15 is 0 Å². The maximum Gasteiger partial charge on any atom is 0.253 e. The molecular formula is C21H28ClF2N3O3. The van der Waals surface area contributed by atoms with Crippen molar-refractivity contribution in [3.05, 3.63) is 29.0 Å². The lowest BCUT2D eigenvalue weighted by molar-refractivity contribution is -0.101. The predicted octanol–water partition coefficient (Wildman–Crippen LogP) is 4.03. The van der Waals surface area contributed by atoms with Gasteiger partial charge < -0.3 is 19.7 Å². The van der Waals surface area contributed by atoms with Crippen molar-refractivity contribution in [1.82, 2.24) is 14.9 Å². The monoisotopic (exact) mass is 443 g/mol. The summed E-state index contributed by atoms with van der Waals surface area (Å²) in [6, 6.07) is 1.62. The van der Waals surface area contributed by atoms with E-state index in [1.165, 1.54) is 0 Å². The molecule has 1 aliphatic carbocycles. The van der Waals surface area contributed by atoms with E-state index in [1.807, 2.05) is 18.4 Å². The summed E-state index contributed by atoms with van der Waals surface area (Å²) >= 11 is 6.32. The second-order valence-corrected chi connectivity index (χ2v) is 8.26. The van der Waals surface area contributed by atoms with Gasteiger partial charge in [0.15, 0.2) is 0 Å². The number of alkyl halides is 2. The zero-order valence-corrected chi connectivity index (χ0v) is 18.0. The lowest BCUT2D eigenvalue weighted by Gasteiger charge is -2.35. The number of carbonyl (C=O) groups excluding carboxylic acids is 1. The van der Waals surface area contributed by atoms with E-state index in [-0.39, 0.29) is 32.2 Å². The highest BCUT2D eigenvalue weighted by Crippen LogP contribution is 2.38. The number of hydrogen-bond donors (Lipinski definition) is 2. The van der Waals surface area contributed by atoms with Gasteiger partial charge in [0.2, 0.25) is 5.92 Å². The number of aliphatic hydroxyl groups is 1. The lowest BCUT2D eigenvalue weighted by Crippen LogP contribution is -2.47. The summed E-state index contributed by atoms with van der Waals surface area (Å²) in [4.78, 5) is 17.2. The molecule has 4 rings (SSSR count). The van der Waals surface area contributed by atoms with Gasteiger partial charge >= 0.3 is 0 Å². The summed E-state index contributed by atoms with van der Waals surface area (Å²) in [5.74, 6) is -2.79. The number of pyridine rings is 1. The molecule has 166 valence electrons. The van der Waals surface area contributed by atoms with Crippen molar-refractivity contribution in [2.24, 2.45) is 5.92 Å². The Balaban J connectivity index is 0.00000124. The average Bonchev–Trinajstić information content (AvgIpc) is 3.07. The first kappa shape index (κ1) is 22.9. The van der Waals surface area contributed by atoms with Gasteiger partial charge in [-0.05, 0) is 18.9 Å². The number of rotatable bonds is 5. The van der Waals surface area contributed by atoms with Crippen LogP contribution in [0.5, 0.6) is 0 Å². The van der Waals surface area contributed by atoms with Gasteiger partial charge in [0, 0.05) is 44.2 Å². The Morgan fingerprint density at radius 2 is 2.00 bits per heavy atom. The molecule has 1 saturated heterocycles. The highest BCUT2D eigenvalue weighted by molar-refractivity contribution is 6.36. The zero-order valence-electron chi connectivity index (χ0n) is 17.3. The average molecular weight is 444 g/mol. The Labute approximate surface area is 179 Å². The minimum atomic E-state index is -2.74. The summed E-state index contributed by atoms with van der Waals surface area (Å²) in [6.07, 6.45) is 2.44. The van der Waals surface area contributed by atoms with E-state index in [2.05, 4.69) is 10.3 Å². The Kier molecular flexibility index (Phi) is 6.99. The SMILES string of the molecule is CC.O=C(NCC1(O)CCC(F)(F)CC1)c1cn(CC2COC2)c2nccc(Cl)c12. The molecule has 2 aromatic heterocycles. The molecule has 0 aromatic carbocycles. The summed E-state index contributed by atoms with van der Waals surface area (Å²) < 4.78 is 33.8. The lowest BCUT2D eigenvalue weighted by atomic mass is 9.82. The van der Waals surface area contributed by atoms with Crippen LogP contribution in [0.15, 0.2) is 18.5 Å². The topological polar surface area (TPSA) is 76.4 Å². The van der Waals surface area contributed by atoms with E-state index in [9.17, 15) is 18.7 Å². The highest BCUT2D eigenvalue weighted by atomic mass is 35.5. The third kappa shape index (κ3) is 4.92.